The van der Waals surface area contributed by atoms with Gasteiger partial charge in [-0.2, -0.15) is 0 Å². The number of carbonyl (C=O) groups is 4. The Bertz CT molecular complexity index is 2570. The first kappa shape index (κ1) is 56.9. The Kier molecular flexibility index (Phi) is 20.6. The lowest BCUT2D eigenvalue weighted by Crippen LogP contribution is -2.68. The van der Waals surface area contributed by atoms with E-state index in [1.807, 2.05) is 97.1 Å². The van der Waals surface area contributed by atoms with Crippen LogP contribution in [0.1, 0.15) is 36.1 Å². The third-order valence-corrected chi connectivity index (χ3v) is 13.3. The highest BCUT2D eigenvalue weighted by Crippen LogP contribution is 2.41. The molecule has 1 amide bonds. The van der Waals surface area contributed by atoms with E-state index in [1.54, 1.807) is 24.3 Å². The van der Waals surface area contributed by atoms with Crippen molar-refractivity contribution in [2.75, 3.05) is 32.8 Å². The van der Waals surface area contributed by atoms with Gasteiger partial charge in [0.1, 0.15) is 54.6 Å². The van der Waals surface area contributed by atoms with Crippen LogP contribution in [0, 0.1) is 0 Å². The fraction of sp³-hybridized carbons (Fsp3) is 0.481. The average Bonchev–Trinajstić information content (AvgIpc) is 3.80. The molecule has 0 aliphatic carbocycles. The maximum absolute atomic E-state index is 14.2. The van der Waals surface area contributed by atoms with Crippen LogP contribution in [-0.4, -0.2) is 159 Å². The molecule has 4 aliphatic rings. The topological polar surface area (TPSA) is 260 Å². The number of halogens is 1. The number of esters is 3. The van der Waals surface area contributed by atoms with Crippen molar-refractivity contribution in [2.24, 2.45) is 5.11 Å². The highest BCUT2D eigenvalue weighted by atomic mass is 35.5. The Balaban J connectivity index is 1.20. The highest BCUT2D eigenvalue weighted by Gasteiger charge is 2.62. The molecule has 8 rings (SSSR count). The molecule has 22 nitrogen and oxygen atoms in total. The van der Waals surface area contributed by atoms with Gasteiger partial charge in [0, 0.05) is 32.4 Å². The van der Waals surface area contributed by atoms with E-state index in [2.05, 4.69) is 10.0 Å². The minimum absolute atomic E-state index is 0.0199. The number of ether oxygens (including phenoxy) is 13. The van der Waals surface area contributed by atoms with Gasteiger partial charge in [-0.1, -0.05) is 126 Å². The number of amides is 1. The van der Waals surface area contributed by atoms with Crippen LogP contribution in [0.15, 0.2) is 126 Å². The lowest BCUT2D eigenvalue weighted by Gasteiger charge is -2.50. The normalized spacial score (nSPS) is 29.8. The Hall–Kier alpha value is -6.24. The Morgan fingerprint density at radius 1 is 0.636 bits per heavy atom. The number of fused-ring (bicyclic) bond motifs is 1. The molecular formula is C54H61ClN4O18. The van der Waals surface area contributed by atoms with Crippen LogP contribution >= 0.6 is 11.6 Å². The summed E-state index contributed by atoms with van der Waals surface area (Å²) in [7, 11) is 1.31. The predicted molar refractivity (Wildman–Crippen MR) is 268 cm³/mol. The zero-order valence-electron chi connectivity index (χ0n) is 42.4. The molecule has 23 heteroatoms. The van der Waals surface area contributed by atoms with Gasteiger partial charge >= 0.3 is 24.0 Å². The number of alkyl halides is 1. The first-order valence-electron chi connectivity index (χ1n) is 24.9. The predicted octanol–water partition coefficient (Wildman–Crippen LogP) is 5.67. The average molecular weight is 1090 g/mol. The van der Waals surface area contributed by atoms with Gasteiger partial charge in [0.2, 0.25) is 0 Å². The SMILES string of the molecule is CO[C@H]1O[C@H](CO)[C@H](OCc2ccccc2)[C@H](O[C@@H]2O[C@H](COCc3ccccc3)[C@H](O[C@H]3O[C@H](COCc4ccccc4)[C@@H](OC(=O)CCl)[C@@H]4OC(=O)N(Cc5ccccc5)[C@@H]34)[C@H](OC(C)=O)[C@H]2OC(C)=O)[C@H]1N=[N+]=[N-]. The molecule has 0 saturated carbocycles. The quantitative estimate of drug-likeness (QED) is 0.0221. The summed E-state index contributed by atoms with van der Waals surface area (Å²) in [6, 6.07) is 34.1. The van der Waals surface area contributed by atoms with Crippen LogP contribution < -0.4 is 0 Å². The molecule has 0 spiro atoms. The summed E-state index contributed by atoms with van der Waals surface area (Å²) in [5.41, 5.74) is 13.0. The molecule has 4 aliphatic heterocycles. The van der Waals surface area contributed by atoms with Crippen molar-refractivity contribution in [3.8, 4) is 0 Å². The van der Waals surface area contributed by atoms with E-state index < -0.39 is 128 Å². The van der Waals surface area contributed by atoms with Crippen LogP contribution in [0.2, 0.25) is 0 Å². The number of nitrogens with zero attached hydrogens (tertiary/aromatic N) is 4. The van der Waals surface area contributed by atoms with Gasteiger partial charge in [0.05, 0.1) is 39.6 Å². The van der Waals surface area contributed by atoms with Gasteiger partial charge in [0.25, 0.3) is 0 Å². The van der Waals surface area contributed by atoms with E-state index in [4.69, 9.17) is 73.2 Å². The fourth-order valence-corrected chi connectivity index (χ4v) is 9.76. The number of carbonyl (C=O) groups excluding carboxylic acids is 4. The lowest BCUT2D eigenvalue weighted by molar-refractivity contribution is -0.368. The third kappa shape index (κ3) is 14.7. The first-order valence-corrected chi connectivity index (χ1v) is 25.5. The van der Waals surface area contributed by atoms with Crippen molar-refractivity contribution in [1.29, 1.82) is 0 Å². The van der Waals surface area contributed by atoms with Crippen molar-refractivity contribution < 1.29 is 85.9 Å². The monoisotopic (exact) mass is 1090 g/mol. The van der Waals surface area contributed by atoms with E-state index in [-0.39, 0.29) is 39.6 Å². The van der Waals surface area contributed by atoms with Crippen molar-refractivity contribution in [1.82, 2.24) is 4.90 Å². The van der Waals surface area contributed by atoms with Crippen LogP contribution in [0.4, 0.5) is 4.79 Å². The van der Waals surface area contributed by atoms with Gasteiger partial charge in [-0.15, -0.1) is 11.6 Å². The van der Waals surface area contributed by atoms with Gasteiger partial charge in [-0.05, 0) is 27.8 Å². The zero-order valence-corrected chi connectivity index (χ0v) is 43.2. The number of aliphatic hydroxyl groups excluding tert-OH is 1. The molecule has 4 saturated heterocycles. The van der Waals surface area contributed by atoms with Gasteiger partial charge in [0.15, 0.2) is 43.3 Å². The Morgan fingerprint density at radius 3 is 1.68 bits per heavy atom. The lowest BCUT2D eigenvalue weighted by atomic mass is 9.94. The zero-order chi connectivity index (χ0) is 54.3. The van der Waals surface area contributed by atoms with E-state index >= 15 is 0 Å². The maximum atomic E-state index is 14.2. The first-order chi connectivity index (χ1) is 37.5. The Morgan fingerprint density at radius 2 is 1.14 bits per heavy atom. The molecule has 0 aromatic heterocycles. The number of methoxy groups -OCH3 is 1. The van der Waals surface area contributed by atoms with Crippen molar-refractivity contribution in [2.45, 2.75) is 132 Å². The largest absolute Gasteiger partial charge is 0.455 e. The molecule has 15 atom stereocenters. The molecule has 412 valence electrons. The second-order valence-corrected chi connectivity index (χ2v) is 18.7. The molecule has 0 radical (unpaired) electrons. The minimum Gasteiger partial charge on any atom is -0.455 e. The number of hydrogen-bond acceptors (Lipinski definition) is 19. The standard InChI is InChI=1S/C54H61ClN4O18/c1-32(61)69-49-46(75-52-43-48(77-54(64)59(43)25-34-16-8-4-9-17-34)45(74-41(63)24-55)39(72-52)30-66-27-35-18-10-5-11-19-35)40(31-67-28-36-20-12-6-13-21-36)73-53(50(49)70-33(2)62)76-47-42(57-58-56)51(65-3)71-38(26-60)44(47)68-29-37-22-14-7-15-23-37/h4-23,38-40,42-53,60H,24-31H2,1-3H3/t38-,39-,40-,42-,43-,44+,45-,46+,47-,48-,49+,50-,51+,52-,53+/m1/s1. The molecule has 0 unspecified atom stereocenters. The molecule has 1 N–H and O–H groups in total. The van der Waals surface area contributed by atoms with Crippen LogP contribution in [0.5, 0.6) is 0 Å². The Labute approximate surface area is 449 Å². The molecule has 77 heavy (non-hydrogen) atoms. The van der Waals surface area contributed by atoms with E-state index in [0.29, 0.717) is 5.56 Å². The summed E-state index contributed by atoms with van der Waals surface area (Å²) in [5.74, 6) is -3.07. The highest BCUT2D eigenvalue weighted by molar-refractivity contribution is 6.26. The second-order valence-electron chi connectivity index (χ2n) is 18.4. The summed E-state index contributed by atoms with van der Waals surface area (Å²) in [6.45, 7) is 1.25. The number of benzene rings is 4. The van der Waals surface area contributed by atoms with E-state index in [0.717, 1.165) is 30.5 Å². The van der Waals surface area contributed by atoms with Gasteiger partial charge < -0.3 is 66.7 Å². The van der Waals surface area contributed by atoms with Crippen LogP contribution in [0.3, 0.4) is 0 Å². The summed E-state index contributed by atoms with van der Waals surface area (Å²) >= 11 is 5.99. The summed E-state index contributed by atoms with van der Waals surface area (Å²) in [5, 5.41) is 14.7. The van der Waals surface area contributed by atoms with Crippen molar-refractivity contribution in [3.63, 3.8) is 0 Å². The number of azide groups is 1. The summed E-state index contributed by atoms with van der Waals surface area (Å²) in [4.78, 5) is 58.5. The van der Waals surface area contributed by atoms with Crippen molar-refractivity contribution >= 4 is 35.6 Å². The van der Waals surface area contributed by atoms with Crippen LogP contribution in [-0.2, 0) is 102 Å². The molecule has 0 bridgehead atoms. The number of rotatable bonds is 24. The molecule has 4 aromatic rings. The molecular weight excluding hydrogens is 1030 g/mol. The maximum Gasteiger partial charge on any atom is 0.411 e. The van der Waals surface area contributed by atoms with Gasteiger partial charge in [-0.3, -0.25) is 19.3 Å². The smallest absolute Gasteiger partial charge is 0.411 e. The minimum atomic E-state index is -1.71. The van der Waals surface area contributed by atoms with Crippen molar-refractivity contribution in [3.05, 3.63) is 154 Å². The molecule has 4 fully saturated rings. The van der Waals surface area contributed by atoms with E-state index in [9.17, 15) is 29.8 Å². The number of aliphatic hydroxyl groups is 1. The molecule has 4 heterocycles. The fourth-order valence-electron chi connectivity index (χ4n) is 9.69. The number of hydrogen-bond donors (Lipinski definition) is 1. The van der Waals surface area contributed by atoms with Crippen LogP contribution in [0.25, 0.3) is 10.4 Å². The summed E-state index contributed by atoms with van der Waals surface area (Å²) in [6.07, 6.45) is -18.9. The second kappa shape index (κ2) is 27.9. The third-order valence-electron chi connectivity index (χ3n) is 13.1. The van der Waals surface area contributed by atoms with Gasteiger partial charge in [-0.25, -0.2) is 4.79 Å². The molecule has 4 aromatic carbocycles. The van der Waals surface area contributed by atoms with E-state index in [1.165, 1.54) is 12.0 Å². The summed E-state index contributed by atoms with van der Waals surface area (Å²) < 4.78 is 82.1.